The minimum atomic E-state index is -0.177. The van der Waals surface area contributed by atoms with Gasteiger partial charge in [0.05, 0.1) is 12.1 Å². The molecular formula is C19H24N2O2. The zero-order valence-corrected chi connectivity index (χ0v) is 13.9. The quantitative estimate of drug-likeness (QED) is 0.846. The Morgan fingerprint density at radius 2 is 1.65 bits per heavy atom. The molecule has 0 heterocycles. The first-order valence-corrected chi connectivity index (χ1v) is 7.89. The fraction of sp³-hybridized carbons (Fsp3) is 0.316. The van der Waals surface area contributed by atoms with Crippen LogP contribution < -0.4 is 15.4 Å². The Balaban J connectivity index is 1.80. The summed E-state index contributed by atoms with van der Waals surface area (Å²) in [7, 11) is 0. The van der Waals surface area contributed by atoms with E-state index < -0.39 is 0 Å². The van der Waals surface area contributed by atoms with Gasteiger partial charge < -0.3 is 15.4 Å². The largest absolute Gasteiger partial charge is 0.491 e. The van der Waals surface area contributed by atoms with E-state index in [0.717, 1.165) is 16.9 Å². The molecule has 0 aromatic heterocycles. The predicted molar refractivity (Wildman–Crippen MR) is 92.4 cm³/mol. The van der Waals surface area contributed by atoms with Gasteiger partial charge in [-0.1, -0.05) is 42.5 Å². The molecule has 0 fully saturated rings. The number of urea groups is 1. The second-order valence-electron chi connectivity index (χ2n) is 5.77. The van der Waals surface area contributed by atoms with Crippen molar-refractivity contribution in [3.05, 3.63) is 65.7 Å². The van der Waals surface area contributed by atoms with E-state index in [1.54, 1.807) is 0 Å². The number of benzene rings is 2. The zero-order valence-electron chi connectivity index (χ0n) is 13.9. The van der Waals surface area contributed by atoms with Gasteiger partial charge in [-0.3, -0.25) is 0 Å². The molecule has 0 saturated heterocycles. The topological polar surface area (TPSA) is 50.4 Å². The molecule has 0 spiro atoms. The molecule has 2 N–H and O–H groups in total. The highest BCUT2D eigenvalue weighted by Gasteiger charge is 2.08. The van der Waals surface area contributed by atoms with Crippen LogP contribution in [0.25, 0.3) is 0 Å². The smallest absolute Gasteiger partial charge is 0.315 e. The lowest BCUT2D eigenvalue weighted by atomic mass is 10.1. The van der Waals surface area contributed by atoms with Gasteiger partial charge in [0.1, 0.15) is 5.75 Å². The zero-order chi connectivity index (χ0) is 16.7. The summed E-state index contributed by atoms with van der Waals surface area (Å²) in [5, 5.41) is 5.80. The maximum Gasteiger partial charge on any atom is 0.315 e. The highest BCUT2D eigenvalue weighted by molar-refractivity contribution is 5.74. The third-order valence-corrected chi connectivity index (χ3v) is 3.40. The molecule has 1 atom stereocenters. The van der Waals surface area contributed by atoms with Gasteiger partial charge in [-0.25, -0.2) is 4.79 Å². The van der Waals surface area contributed by atoms with Crippen molar-refractivity contribution in [3.8, 4) is 5.75 Å². The minimum absolute atomic E-state index is 0.0296. The maximum atomic E-state index is 12.0. The number of amides is 2. The number of rotatable bonds is 6. The molecule has 0 bridgehead atoms. The number of hydrogen-bond donors (Lipinski definition) is 2. The van der Waals surface area contributed by atoms with E-state index in [4.69, 9.17) is 4.74 Å². The van der Waals surface area contributed by atoms with Crippen molar-refractivity contribution in [2.75, 3.05) is 0 Å². The number of ether oxygens (including phenoxy) is 1. The molecule has 0 aliphatic rings. The third-order valence-electron chi connectivity index (χ3n) is 3.40. The number of carbonyl (C=O) groups is 1. The van der Waals surface area contributed by atoms with E-state index in [0.29, 0.717) is 6.54 Å². The predicted octanol–water partition coefficient (Wildman–Crippen LogP) is 4.03. The van der Waals surface area contributed by atoms with E-state index in [1.165, 1.54) is 0 Å². The van der Waals surface area contributed by atoms with Gasteiger partial charge in [-0.05, 0) is 44.0 Å². The molecule has 2 aromatic rings. The molecule has 2 amide bonds. The molecule has 122 valence electrons. The van der Waals surface area contributed by atoms with E-state index >= 15 is 0 Å². The summed E-state index contributed by atoms with van der Waals surface area (Å²) >= 11 is 0. The SMILES string of the molecule is CC(C)Oc1ccc(CNC(=O)NC(C)c2ccccc2)cc1. The van der Waals surface area contributed by atoms with Gasteiger partial charge >= 0.3 is 6.03 Å². The van der Waals surface area contributed by atoms with E-state index in [-0.39, 0.29) is 18.2 Å². The van der Waals surface area contributed by atoms with Gasteiger partial charge in [0.25, 0.3) is 0 Å². The van der Waals surface area contributed by atoms with Crippen LogP contribution in [0, 0.1) is 0 Å². The van der Waals surface area contributed by atoms with Crippen LogP contribution in [0.1, 0.15) is 37.9 Å². The summed E-state index contributed by atoms with van der Waals surface area (Å²) in [6.07, 6.45) is 0.157. The molecule has 2 aromatic carbocycles. The van der Waals surface area contributed by atoms with Crippen LogP contribution in [0.2, 0.25) is 0 Å². The summed E-state index contributed by atoms with van der Waals surface area (Å²) in [6, 6.07) is 17.4. The van der Waals surface area contributed by atoms with Crippen molar-refractivity contribution >= 4 is 6.03 Å². The van der Waals surface area contributed by atoms with E-state index in [9.17, 15) is 4.79 Å². The molecule has 0 saturated carbocycles. The Kier molecular flexibility index (Phi) is 6.03. The van der Waals surface area contributed by atoms with Gasteiger partial charge in [0.2, 0.25) is 0 Å². The molecule has 1 unspecified atom stereocenters. The Hall–Kier alpha value is -2.49. The van der Waals surface area contributed by atoms with Crippen LogP contribution >= 0.6 is 0 Å². The van der Waals surface area contributed by atoms with Crippen LogP contribution in [0.3, 0.4) is 0 Å². The average molecular weight is 312 g/mol. The van der Waals surface area contributed by atoms with Crippen LogP contribution in [0.4, 0.5) is 4.79 Å². The monoisotopic (exact) mass is 312 g/mol. The standard InChI is InChI=1S/C19H24N2O2/c1-14(2)23-18-11-9-16(10-12-18)13-20-19(22)21-15(3)17-7-5-4-6-8-17/h4-12,14-15H,13H2,1-3H3,(H2,20,21,22). The first-order valence-electron chi connectivity index (χ1n) is 7.89. The fourth-order valence-electron chi connectivity index (χ4n) is 2.21. The van der Waals surface area contributed by atoms with Gasteiger partial charge in [0.15, 0.2) is 0 Å². The van der Waals surface area contributed by atoms with Crippen LogP contribution in [0.15, 0.2) is 54.6 Å². The molecule has 4 heteroatoms. The maximum absolute atomic E-state index is 12.0. The number of carbonyl (C=O) groups excluding carboxylic acids is 1. The average Bonchev–Trinajstić information content (AvgIpc) is 2.54. The van der Waals surface area contributed by atoms with Gasteiger partial charge in [-0.15, -0.1) is 0 Å². The normalized spacial score (nSPS) is 11.8. The Bertz CT molecular complexity index is 609. The minimum Gasteiger partial charge on any atom is -0.491 e. The molecular weight excluding hydrogens is 288 g/mol. The number of nitrogens with one attached hydrogen (secondary N) is 2. The summed E-state index contributed by atoms with van der Waals surface area (Å²) in [5.41, 5.74) is 2.11. The first kappa shape index (κ1) is 16.9. The highest BCUT2D eigenvalue weighted by Crippen LogP contribution is 2.14. The second-order valence-corrected chi connectivity index (χ2v) is 5.77. The van der Waals surface area contributed by atoms with Crippen LogP contribution in [0.5, 0.6) is 5.75 Å². The van der Waals surface area contributed by atoms with Crippen LogP contribution in [-0.4, -0.2) is 12.1 Å². The van der Waals surface area contributed by atoms with Crippen molar-refractivity contribution in [1.29, 1.82) is 0 Å². The molecule has 23 heavy (non-hydrogen) atoms. The van der Waals surface area contributed by atoms with Gasteiger partial charge in [0, 0.05) is 6.54 Å². The summed E-state index contributed by atoms with van der Waals surface area (Å²) in [6.45, 7) is 6.43. The van der Waals surface area contributed by atoms with E-state index in [2.05, 4.69) is 10.6 Å². The van der Waals surface area contributed by atoms with Crippen LogP contribution in [-0.2, 0) is 6.54 Å². The number of hydrogen-bond acceptors (Lipinski definition) is 2. The van der Waals surface area contributed by atoms with Crippen molar-refractivity contribution < 1.29 is 9.53 Å². The molecule has 4 nitrogen and oxygen atoms in total. The lowest BCUT2D eigenvalue weighted by molar-refractivity contribution is 0.237. The van der Waals surface area contributed by atoms with Crippen molar-refractivity contribution in [1.82, 2.24) is 10.6 Å². The summed E-state index contributed by atoms with van der Waals surface area (Å²) in [5.74, 6) is 0.839. The molecule has 2 rings (SSSR count). The molecule has 0 radical (unpaired) electrons. The summed E-state index contributed by atoms with van der Waals surface area (Å²) < 4.78 is 5.60. The summed E-state index contributed by atoms with van der Waals surface area (Å²) in [4.78, 5) is 12.0. The highest BCUT2D eigenvalue weighted by atomic mass is 16.5. The van der Waals surface area contributed by atoms with E-state index in [1.807, 2.05) is 75.4 Å². The Morgan fingerprint density at radius 3 is 2.26 bits per heavy atom. The first-order chi connectivity index (χ1) is 11.0. The second kappa shape index (κ2) is 8.22. The van der Waals surface area contributed by atoms with Crippen molar-refractivity contribution in [2.24, 2.45) is 0 Å². The Labute approximate surface area is 137 Å². The van der Waals surface area contributed by atoms with Crippen molar-refractivity contribution in [3.63, 3.8) is 0 Å². The lowest BCUT2D eigenvalue weighted by Crippen LogP contribution is -2.36. The molecule has 0 aliphatic heterocycles. The fourth-order valence-corrected chi connectivity index (χ4v) is 2.21. The Morgan fingerprint density at radius 1 is 1.00 bits per heavy atom. The van der Waals surface area contributed by atoms with Crippen molar-refractivity contribution in [2.45, 2.75) is 39.5 Å². The van der Waals surface area contributed by atoms with Gasteiger partial charge in [-0.2, -0.15) is 0 Å². The third kappa shape index (κ3) is 5.66. The molecule has 0 aliphatic carbocycles. The lowest BCUT2D eigenvalue weighted by Gasteiger charge is -2.15.